The Morgan fingerprint density at radius 3 is 2.50 bits per heavy atom. The van der Waals surface area contributed by atoms with Gasteiger partial charge in [-0.05, 0) is 54.8 Å². The van der Waals surface area contributed by atoms with E-state index >= 15 is 0 Å². The van der Waals surface area contributed by atoms with Crippen molar-refractivity contribution in [3.63, 3.8) is 0 Å². The summed E-state index contributed by atoms with van der Waals surface area (Å²) >= 11 is 0. The predicted molar refractivity (Wildman–Crippen MR) is 84.7 cm³/mol. The van der Waals surface area contributed by atoms with Crippen molar-refractivity contribution in [3.8, 4) is 11.5 Å². The molecule has 0 aliphatic carbocycles. The minimum absolute atomic E-state index is 0.277. The minimum atomic E-state index is -0.985. The number of hydrogen-bond donors (Lipinski definition) is 1. The number of ether oxygens (including phenoxy) is 2. The number of aryl methyl sites for hydroxylation is 2. The summed E-state index contributed by atoms with van der Waals surface area (Å²) in [5, 5.41) is 9.39. The standard InChI is InChI=1S/C18H20O4/c1-12-7-8-16(9-13(12)2)22-17(18(19)20)11-14-5-4-6-15(10-14)21-3/h4-10,17H,11H2,1-3H3,(H,19,20)/t17-/m0/s1. The number of carboxylic acids is 1. The summed E-state index contributed by atoms with van der Waals surface area (Å²) in [7, 11) is 1.58. The highest BCUT2D eigenvalue weighted by atomic mass is 16.5. The molecule has 0 aliphatic rings. The van der Waals surface area contributed by atoms with Crippen LogP contribution >= 0.6 is 0 Å². The van der Waals surface area contributed by atoms with Crippen LogP contribution < -0.4 is 9.47 Å². The smallest absolute Gasteiger partial charge is 0.345 e. The van der Waals surface area contributed by atoms with Crippen molar-refractivity contribution in [2.45, 2.75) is 26.4 Å². The Hall–Kier alpha value is -2.49. The number of aliphatic carboxylic acids is 1. The SMILES string of the molecule is COc1cccc(C[C@H](Oc2ccc(C)c(C)c2)C(=O)O)c1. The average molecular weight is 300 g/mol. The summed E-state index contributed by atoms with van der Waals surface area (Å²) in [4.78, 5) is 11.5. The fraction of sp³-hybridized carbons (Fsp3) is 0.278. The number of methoxy groups -OCH3 is 1. The number of carbonyl (C=O) groups is 1. The quantitative estimate of drug-likeness (QED) is 0.888. The van der Waals surface area contributed by atoms with Crippen LogP contribution in [0.4, 0.5) is 0 Å². The van der Waals surface area contributed by atoms with Crippen molar-refractivity contribution >= 4 is 5.97 Å². The van der Waals surface area contributed by atoms with Gasteiger partial charge in [-0.15, -0.1) is 0 Å². The van der Waals surface area contributed by atoms with Crippen molar-refractivity contribution in [2.24, 2.45) is 0 Å². The molecule has 2 aromatic carbocycles. The first-order chi connectivity index (χ1) is 10.5. The number of benzene rings is 2. The first kappa shape index (κ1) is 15.9. The molecular formula is C18H20O4. The lowest BCUT2D eigenvalue weighted by Gasteiger charge is -2.16. The number of carboxylic acid groups (broad SMARTS) is 1. The Kier molecular flexibility index (Phi) is 5.04. The first-order valence-corrected chi connectivity index (χ1v) is 7.09. The monoisotopic (exact) mass is 300 g/mol. The molecule has 2 rings (SSSR count). The highest BCUT2D eigenvalue weighted by Crippen LogP contribution is 2.20. The van der Waals surface area contributed by atoms with Gasteiger partial charge in [-0.1, -0.05) is 18.2 Å². The molecule has 0 aromatic heterocycles. The van der Waals surface area contributed by atoms with E-state index in [-0.39, 0.29) is 6.42 Å². The zero-order chi connectivity index (χ0) is 16.1. The summed E-state index contributed by atoms with van der Waals surface area (Å²) in [6, 6.07) is 12.9. The topological polar surface area (TPSA) is 55.8 Å². The lowest BCUT2D eigenvalue weighted by atomic mass is 10.1. The van der Waals surface area contributed by atoms with E-state index in [0.717, 1.165) is 16.7 Å². The van der Waals surface area contributed by atoms with Crippen LogP contribution in [-0.4, -0.2) is 24.3 Å². The zero-order valence-corrected chi connectivity index (χ0v) is 13.0. The number of rotatable bonds is 6. The molecule has 0 amide bonds. The lowest BCUT2D eigenvalue weighted by molar-refractivity contribution is -0.145. The molecule has 0 aliphatic heterocycles. The Balaban J connectivity index is 2.15. The molecule has 1 N–H and O–H groups in total. The van der Waals surface area contributed by atoms with Crippen LogP contribution in [0, 0.1) is 13.8 Å². The van der Waals surface area contributed by atoms with E-state index in [2.05, 4.69) is 0 Å². The second-order valence-electron chi connectivity index (χ2n) is 5.25. The molecule has 0 unspecified atom stereocenters. The van der Waals surface area contributed by atoms with Crippen LogP contribution in [-0.2, 0) is 11.2 Å². The third kappa shape index (κ3) is 4.01. The van der Waals surface area contributed by atoms with Gasteiger partial charge >= 0.3 is 5.97 Å². The highest BCUT2D eigenvalue weighted by molar-refractivity contribution is 5.73. The van der Waals surface area contributed by atoms with Gasteiger partial charge in [-0.3, -0.25) is 0 Å². The third-order valence-electron chi connectivity index (χ3n) is 3.59. The Morgan fingerprint density at radius 2 is 1.86 bits per heavy atom. The molecule has 4 nitrogen and oxygen atoms in total. The molecule has 0 saturated heterocycles. The van der Waals surface area contributed by atoms with E-state index < -0.39 is 12.1 Å². The second kappa shape index (κ2) is 6.98. The Morgan fingerprint density at radius 1 is 1.09 bits per heavy atom. The van der Waals surface area contributed by atoms with E-state index in [1.165, 1.54) is 0 Å². The molecule has 0 spiro atoms. The second-order valence-corrected chi connectivity index (χ2v) is 5.25. The van der Waals surface area contributed by atoms with Crippen molar-refractivity contribution in [3.05, 3.63) is 59.2 Å². The summed E-state index contributed by atoms with van der Waals surface area (Å²) in [6.07, 6.45) is -0.659. The molecule has 116 valence electrons. The molecular weight excluding hydrogens is 280 g/mol. The van der Waals surface area contributed by atoms with Gasteiger partial charge < -0.3 is 14.6 Å². The molecule has 0 radical (unpaired) electrons. The van der Waals surface area contributed by atoms with Crippen molar-refractivity contribution in [2.75, 3.05) is 7.11 Å². The van der Waals surface area contributed by atoms with E-state index in [4.69, 9.17) is 9.47 Å². The van der Waals surface area contributed by atoms with Gasteiger partial charge in [0.05, 0.1) is 7.11 Å². The fourth-order valence-corrected chi connectivity index (χ4v) is 2.14. The maximum Gasteiger partial charge on any atom is 0.345 e. The van der Waals surface area contributed by atoms with Gasteiger partial charge in [0.15, 0.2) is 6.10 Å². The highest BCUT2D eigenvalue weighted by Gasteiger charge is 2.20. The average Bonchev–Trinajstić information content (AvgIpc) is 2.50. The zero-order valence-electron chi connectivity index (χ0n) is 13.0. The molecule has 0 heterocycles. The fourth-order valence-electron chi connectivity index (χ4n) is 2.14. The van der Waals surface area contributed by atoms with Gasteiger partial charge in [-0.25, -0.2) is 4.79 Å². The normalized spacial score (nSPS) is 11.8. The predicted octanol–water partition coefficient (Wildman–Crippen LogP) is 3.39. The molecule has 0 saturated carbocycles. The maximum absolute atomic E-state index is 11.5. The van der Waals surface area contributed by atoms with Gasteiger partial charge in [0, 0.05) is 6.42 Å². The number of hydrogen-bond acceptors (Lipinski definition) is 3. The van der Waals surface area contributed by atoms with E-state index in [1.54, 1.807) is 13.2 Å². The summed E-state index contributed by atoms with van der Waals surface area (Å²) < 4.78 is 10.8. The summed E-state index contributed by atoms with van der Waals surface area (Å²) in [5.41, 5.74) is 3.07. The molecule has 2 aromatic rings. The summed E-state index contributed by atoms with van der Waals surface area (Å²) in [6.45, 7) is 3.98. The molecule has 22 heavy (non-hydrogen) atoms. The largest absolute Gasteiger partial charge is 0.497 e. The van der Waals surface area contributed by atoms with E-state index in [0.29, 0.717) is 11.5 Å². The van der Waals surface area contributed by atoms with Gasteiger partial charge in [-0.2, -0.15) is 0 Å². The van der Waals surface area contributed by atoms with Crippen LogP contribution in [0.2, 0.25) is 0 Å². The molecule has 0 bridgehead atoms. The lowest BCUT2D eigenvalue weighted by Crippen LogP contribution is -2.29. The first-order valence-electron chi connectivity index (χ1n) is 7.09. The Labute approximate surface area is 130 Å². The maximum atomic E-state index is 11.5. The van der Waals surface area contributed by atoms with Crippen molar-refractivity contribution in [1.82, 2.24) is 0 Å². The van der Waals surface area contributed by atoms with Crippen molar-refractivity contribution < 1.29 is 19.4 Å². The van der Waals surface area contributed by atoms with Crippen LogP contribution in [0.3, 0.4) is 0 Å². The Bertz CT molecular complexity index is 664. The van der Waals surface area contributed by atoms with Crippen LogP contribution in [0.5, 0.6) is 11.5 Å². The molecule has 0 fully saturated rings. The van der Waals surface area contributed by atoms with Crippen LogP contribution in [0.1, 0.15) is 16.7 Å². The van der Waals surface area contributed by atoms with E-state index in [1.807, 2.05) is 50.2 Å². The van der Waals surface area contributed by atoms with Gasteiger partial charge in [0.1, 0.15) is 11.5 Å². The third-order valence-corrected chi connectivity index (χ3v) is 3.59. The van der Waals surface area contributed by atoms with E-state index in [9.17, 15) is 9.90 Å². The van der Waals surface area contributed by atoms with Crippen LogP contribution in [0.15, 0.2) is 42.5 Å². The minimum Gasteiger partial charge on any atom is -0.497 e. The van der Waals surface area contributed by atoms with Crippen LogP contribution in [0.25, 0.3) is 0 Å². The van der Waals surface area contributed by atoms with Crippen molar-refractivity contribution in [1.29, 1.82) is 0 Å². The summed E-state index contributed by atoms with van der Waals surface area (Å²) in [5.74, 6) is 0.285. The van der Waals surface area contributed by atoms with Gasteiger partial charge in [0.2, 0.25) is 0 Å². The molecule has 4 heteroatoms. The molecule has 1 atom stereocenters. The van der Waals surface area contributed by atoms with Gasteiger partial charge in [0.25, 0.3) is 0 Å².